The second-order valence-corrected chi connectivity index (χ2v) is 7.46. The lowest BCUT2D eigenvalue weighted by Gasteiger charge is -2.26. The van der Waals surface area contributed by atoms with Crippen LogP contribution in [0.4, 0.5) is 10.5 Å². The van der Waals surface area contributed by atoms with E-state index in [9.17, 15) is 9.59 Å². The predicted octanol–water partition coefficient (Wildman–Crippen LogP) is 3.31. The van der Waals surface area contributed by atoms with Gasteiger partial charge in [-0.05, 0) is 24.1 Å². The number of hydrogen-bond acceptors (Lipinski definition) is 3. The van der Waals surface area contributed by atoms with E-state index < -0.39 is 0 Å². The zero-order chi connectivity index (χ0) is 16.8. The Morgan fingerprint density at radius 2 is 2.00 bits per heavy atom. The highest BCUT2D eigenvalue weighted by Crippen LogP contribution is 2.22. The van der Waals surface area contributed by atoms with Gasteiger partial charge in [-0.15, -0.1) is 0 Å². The largest absolute Gasteiger partial charge is 0.352 e. The maximum atomic E-state index is 12.2. The minimum Gasteiger partial charge on any atom is -0.352 e. The van der Waals surface area contributed by atoms with Crippen LogP contribution in [-0.2, 0) is 0 Å². The zero-order valence-corrected chi connectivity index (χ0v) is 15.0. The lowest BCUT2D eigenvalue weighted by Crippen LogP contribution is -2.40. The Balaban J connectivity index is 1.98. The molecular formula is C16H22ClN3O2S. The number of thioether (sulfide) groups is 1. The van der Waals surface area contributed by atoms with E-state index in [1.807, 2.05) is 25.6 Å². The van der Waals surface area contributed by atoms with E-state index in [2.05, 4.69) is 10.6 Å². The molecule has 1 aliphatic rings. The molecule has 23 heavy (non-hydrogen) atoms. The Kier molecular flexibility index (Phi) is 6.59. The summed E-state index contributed by atoms with van der Waals surface area (Å²) in [6.45, 7) is 6.15. The fourth-order valence-electron chi connectivity index (χ4n) is 2.14. The Hall–Kier alpha value is -1.40. The molecule has 1 aromatic rings. The summed E-state index contributed by atoms with van der Waals surface area (Å²) in [7, 11) is 0. The smallest absolute Gasteiger partial charge is 0.321 e. The first kappa shape index (κ1) is 17.9. The van der Waals surface area contributed by atoms with E-state index in [0.717, 1.165) is 24.6 Å². The van der Waals surface area contributed by atoms with Gasteiger partial charge in [0.05, 0.1) is 10.6 Å². The summed E-state index contributed by atoms with van der Waals surface area (Å²) in [5, 5.41) is 5.99. The quantitative estimate of drug-likeness (QED) is 0.871. The minimum atomic E-state index is -0.199. The summed E-state index contributed by atoms with van der Waals surface area (Å²) >= 11 is 8.03. The number of anilines is 1. The summed E-state index contributed by atoms with van der Waals surface area (Å²) in [4.78, 5) is 26.0. The number of amides is 3. The molecule has 0 unspecified atom stereocenters. The molecular weight excluding hydrogens is 334 g/mol. The Morgan fingerprint density at radius 1 is 1.30 bits per heavy atom. The molecule has 0 bridgehead atoms. The fourth-order valence-corrected chi connectivity index (χ4v) is 3.31. The number of rotatable bonds is 4. The van der Waals surface area contributed by atoms with Crippen LogP contribution < -0.4 is 10.6 Å². The Morgan fingerprint density at radius 3 is 2.61 bits per heavy atom. The molecule has 2 rings (SSSR count). The third-order valence-corrected chi connectivity index (χ3v) is 4.69. The molecule has 0 saturated carbocycles. The average molecular weight is 356 g/mol. The van der Waals surface area contributed by atoms with Crippen molar-refractivity contribution in [3.8, 4) is 0 Å². The van der Waals surface area contributed by atoms with Crippen LogP contribution in [-0.4, -0.2) is 48.0 Å². The van der Waals surface area contributed by atoms with Crippen molar-refractivity contribution in [3.05, 3.63) is 28.8 Å². The molecule has 7 heteroatoms. The first-order valence-corrected chi connectivity index (χ1v) is 9.22. The summed E-state index contributed by atoms with van der Waals surface area (Å²) < 4.78 is 0. The van der Waals surface area contributed by atoms with E-state index in [1.54, 1.807) is 23.1 Å². The highest BCUT2D eigenvalue weighted by Gasteiger charge is 2.17. The number of hydrogen-bond donors (Lipinski definition) is 2. The van der Waals surface area contributed by atoms with Crippen LogP contribution in [0.25, 0.3) is 0 Å². The van der Waals surface area contributed by atoms with Crippen molar-refractivity contribution in [1.29, 1.82) is 0 Å². The third kappa shape index (κ3) is 5.32. The van der Waals surface area contributed by atoms with Crippen molar-refractivity contribution in [2.24, 2.45) is 5.92 Å². The molecule has 5 nitrogen and oxygen atoms in total. The van der Waals surface area contributed by atoms with Crippen LogP contribution in [0.2, 0.25) is 5.02 Å². The molecule has 3 amide bonds. The molecule has 0 atom stereocenters. The first-order chi connectivity index (χ1) is 11.0. The summed E-state index contributed by atoms with van der Waals surface area (Å²) in [5.74, 6) is 2.10. The van der Waals surface area contributed by atoms with Gasteiger partial charge in [0.1, 0.15) is 0 Å². The monoisotopic (exact) mass is 355 g/mol. The van der Waals surface area contributed by atoms with Crippen LogP contribution in [0.3, 0.4) is 0 Å². The van der Waals surface area contributed by atoms with Crippen LogP contribution in [0.15, 0.2) is 18.2 Å². The minimum absolute atomic E-state index is 0.127. The van der Waals surface area contributed by atoms with Crippen molar-refractivity contribution in [2.75, 3.05) is 36.5 Å². The van der Waals surface area contributed by atoms with Crippen LogP contribution in [0.1, 0.15) is 24.2 Å². The summed E-state index contributed by atoms with van der Waals surface area (Å²) in [5.41, 5.74) is 1.01. The van der Waals surface area contributed by atoms with Crippen molar-refractivity contribution >= 4 is 41.0 Å². The maximum Gasteiger partial charge on any atom is 0.321 e. The molecule has 0 spiro atoms. The van der Waals surface area contributed by atoms with Gasteiger partial charge in [-0.2, -0.15) is 11.8 Å². The molecule has 1 saturated heterocycles. The Bertz CT molecular complexity index is 574. The van der Waals surface area contributed by atoms with E-state index in [-0.39, 0.29) is 11.9 Å². The predicted molar refractivity (Wildman–Crippen MR) is 96.5 cm³/mol. The molecule has 1 heterocycles. The van der Waals surface area contributed by atoms with Crippen molar-refractivity contribution < 1.29 is 9.59 Å². The van der Waals surface area contributed by atoms with Crippen LogP contribution in [0, 0.1) is 5.92 Å². The molecule has 0 aliphatic carbocycles. The van der Waals surface area contributed by atoms with Gasteiger partial charge < -0.3 is 15.5 Å². The van der Waals surface area contributed by atoms with Crippen molar-refractivity contribution in [1.82, 2.24) is 10.2 Å². The Labute approximate surface area is 146 Å². The number of benzene rings is 1. The van der Waals surface area contributed by atoms with E-state index in [1.165, 1.54) is 0 Å². The maximum absolute atomic E-state index is 12.2. The van der Waals surface area contributed by atoms with Gasteiger partial charge in [0.15, 0.2) is 0 Å². The van der Waals surface area contributed by atoms with Gasteiger partial charge in [0.25, 0.3) is 5.91 Å². The summed E-state index contributed by atoms with van der Waals surface area (Å²) in [6, 6.07) is 4.83. The van der Waals surface area contributed by atoms with Gasteiger partial charge in [0.2, 0.25) is 0 Å². The number of nitrogens with zero attached hydrogens (tertiary/aromatic N) is 1. The molecule has 1 fully saturated rings. The van der Waals surface area contributed by atoms with Crippen molar-refractivity contribution in [2.45, 2.75) is 13.8 Å². The highest BCUT2D eigenvalue weighted by molar-refractivity contribution is 7.99. The van der Waals surface area contributed by atoms with Gasteiger partial charge in [-0.3, -0.25) is 4.79 Å². The average Bonchev–Trinajstić information content (AvgIpc) is 2.53. The van der Waals surface area contributed by atoms with E-state index >= 15 is 0 Å². The molecule has 1 aliphatic heterocycles. The molecule has 2 N–H and O–H groups in total. The van der Waals surface area contributed by atoms with Gasteiger partial charge in [0, 0.05) is 36.8 Å². The molecule has 126 valence electrons. The molecule has 0 radical (unpaired) electrons. The molecule has 0 aromatic heterocycles. The lowest BCUT2D eigenvalue weighted by atomic mass is 10.1. The number of nitrogens with one attached hydrogen (secondary N) is 2. The standard InChI is InChI=1S/C16H22ClN3O2S/c1-11(2)10-18-15(21)13-4-3-12(9-14(13)17)19-16(22)20-5-7-23-8-6-20/h3-4,9,11H,5-8,10H2,1-2H3,(H,18,21)(H,19,22). The van der Waals surface area contributed by atoms with Gasteiger partial charge in [-0.25, -0.2) is 4.79 Å². The molecule has 1 aromatic carbocycles. The number of halogens is 1. The number of urea groups is 1. The number of carbonyl (C=O) groups excluding carboxylic acids is 2. The third-order valence-electron chi connectivity index (χ3n) is 3.43. The fraction of sp³-hybridized carbons (Fsp3) is 0.500. The van der Waals surface area contributed by atoms with Gasteiger partial charge in [-0.1, -0.05) is 25.4 Å². The highest BCUT2D eigenvalue weighted by atomic mass is 35.5. The summed E-state index contributed by atoms with van der Waals surface area (Å²) in [6.07, 6.45) is 0. The second kappa shape index (κ2) is 8.45. The number of carbonyl (C=O) groups is 2. The van der Waals surface area contributed by atoms with E-state index in [4.69, 9.17) is 11.6 Å². The van der Waals surface area contributed by atoms with Crippen LogP contribution in [0.5, 0.6) is 0 Å². The lowest BCUT2D eigenvalue weighted by molar-refractivity contribution is 0.0949. The normalized spacial score (nSPS) is 14.7. The second-order valence-electron chi connectivity index (χ2n) is 5.83. The SMILES string of the molecule is CC(C)CNC(=O)c1ccc(NC(=O)N2CCSCC2)cc1Cl. The van der Waals surface area contributed by atoms with Gasteiger partial charge >= 0.3 is 6.03 Å². The van der Waals surface area contributed by atoms with Crippen molar-refractivity contribution in [3.63, 3.8) is 0 Å². The topological polar surface area (TPSA) is 61.4 Å². The van der Waals surface area contributed by atoms with Crippen LogP contribution >= 0.6 is 23.4 Å². The van der Waals surface area contributed by atoms with E-state index in [0.29, 0.717) is 28.7 Å². The zero-order valence-electron chi connectivity index (χ0n) is 13.4. The first-order valence-electron chi connectivity index (χ1n) is 7.69.